The standard InChI is InChI=1S/C12H18N2O2/c1-4-14(7-8-16-3)12-9-11(10(2)15)5-6-13-12/h5-6,9H,4,7-8H2,1-3H3. The maximum atomic E-state index is 11.3. The van der Waals surface area contributed by atoms with E-state index in [1.807, 2.05) is 6.07 Å². The number of aromatic nitrogens is 1. The van der Waals surface area contributed by atoms with E-state index in [2.05, 4.69) is 16.8 Å². The lowest BCUT2D eigenvalue weighted by atomic mass is 10.2. The molecule has 0 aromatic carbocycles. The van der Waals surface area contributed by atoms with E-state index in [0.717, 1.165) is 18.9 Å². The highest BCUT2D eigenvalue weighted by molar-refractivity contribution is 5.94. The van der Waals surface area contributed by atoms with Gasteiger partial charge in [0.1, 0.15) is 5.82 Å². The molecule has 0 saturated heterocycles. The fraction of sp³-hybridized carbons (Fsp3) is 0.500. The molecule has 0 aliphatic rings. The molecule has 88 valence electrons. The van der Waals surface area contributed by atoms with Gasteiger partial charge in [-0.05, 0) is 26.0 Å². The zero-order valence-electron chi connectivity index (χ0n) is 10.1. The van der Waals surface area contributed by atoms with Crippen LogP contribution in [0, 0.1) is 0 Å². The highest BCUT2D eigenvalue weighted by Crippen LogP contribution is 2.12. The van der Waals surface area contributed by atoms with Crippen LogP contribution >= 0.6 is 0 Å². The molecule has 0 N–H and O–H groups in total. The van der Waals surface area contributed by atoms with Gasteiger partial charge in [0.25, 0.3) is 0 Å². The van der Waals surface area contributed by atoms with Crippen LogP contribution in [0.1, 0.15) is 24.2 Å². The lowest BCUT2D eigenvalue weighted by Gasteiger charge is -2.21. The Labute approximate surface area is 96.2 Å². The van der Waals surface area contributed by atoms with Gasteiger partial charge >= 0.3 is 0 Å². The zero-order chi connectivity index (χ0) is 12.0. The van der Waals surface area contributed by atoms with Crippen molar-refractivity contribution in [2.45, 2.75) is 13.8 Å². The fourth-order valence-corrected chi connectivity index (χ4v) is 1.45. The summed E-state index contributed by atoms with van der Waals surface area (Å²) in [6.45, 7) is 5.89. The molecule has 1 rings (SSSR count). The van der Waals surface area contributed by atoms with E-state index >= 15 is 0 Å². The van der Waals surface area contributed by atoms with Crippen LogP contribution in [0.15, 0.2) is 18.3 Å². The second kappa shape index (κ2) is 6.23. The Balaban J connectivity index is 2.83. The molecule has 4 nitrogen and oxygen atoms in total. The third kappa shape index (κ3) is 3.31. The number of methoxy groups -OCH3 is 1. The number of Topliss-reactive ketones (excluding diaryl/α,β-unsaturated/α-hetero) is 1. The third-order valence-corrected chi connectivity index (χ3v) is 2.42. The van der Waals surface area contributed by atoms with Crippen LogP contribution in [0.25, 0.3) is 0 Å². The number of carbonyl (C=O) groups is 1. The summed E-state index contributed by atoms with van der Waals surface area (Å²) in [5.74, 6) is 0.888. The Morgan fingerprint density at radius 1 is 1.56 bits per heavy atom. The number of hydrogen-bond donors (Lipinski definition) is 0. The van der Waals surface area contributed by atoms with Crippen molar-refractivity contribution in [2.75, 3.05) is 31.7 Å². The largest absolute Gasteiger partial charge is 0.383 e. The normalized spacial score (nSPS) is 10.2. The molecule has 0 radical (unpaired) electrons. The Hall–Kier alpha value is -1.42. The van der Waals surface area contributed by atoms with Crippen molar-refractivity contribution < 1.29 is 9.53 Å². The van der Waals surface area contributed by atoms with E-state index in [0.29, 0.717) is 12.2 Å². The molecule has 0 atom stereocenters. The van der Waals surface area contributed by atoms with Gasteiger partial charge in [0.05, 0.1) is 6.61 Å². The van der Waals surface area contributed by atoms with Gasteiger partial charge in [-0.25, -0.2) is 4.98 Å². The number of ether oxygens (including phenoxy) is 1. The van der Waals surface area contributed by atoms with E-state index in [-0.39, 0.29) is 5.78 Å². The first-order valence-corrected chi connectivity index (χ1v) is 5.40. The summed E-state index contributed by atoms with van der Waals surface area (Å²) < 4.78 is 5.04. The summed E-state index contributed by atoms with van der Waals surface area (Å²) in [6, 6.07) is 3.55. The van der Waals surface area contributed by atoms with Gasteiger partial charge in [-0.3, -0.25) is 4.79 Å². The van der Waals surface area contributed by atoms with Crippen molar-refractivity contribution in [3.63, 3.8) is 0 Å². The van der Waals surface area contributed by atoms with Crippen LogP contribution in [0.5, 0.6) is 0 Å². The van der Waals surface area contributed by atoms with E-state index in [1.165, 1.54) is 0 Å². The Morgan fingerprint density at radius 2 is 2.31 bits per heavy atom. The number of ketones is 1. The van der Waals surface area contributed by atoms with Crippen molar-refractivity contribution in [3.8, 4) is 0 Å². The molecule has 1 aromatic rings. The summed E-state index contributed by atoms with van der Waals surface area (Å²) in [4.78, 5) is 17.6. The number of hydrogen-bond acceptors (Lipinski definition) is 4. The average molecular weight is 222 g/mol. The van der Waals surface area contributed by atoms with E-state index in [9.17, 15) is 4.79 Å². The van der Waals surface area contributed by atoms with Crippen LogP contribution in [-0.4, -0.2) is 37.6 Å². The first-order chi connectivity index (χ1) is 7.69. The smallest absolute Gasteiger partial charge is 0.159 e. The third-order valence-electron chi connectivity index (χ3n) is 2.42. The molecule has 4 heteroatoms. The van der Waals surface area contributed by atoms with Gasteiger partial charge in [0.15, 0.2) is 5.78 Å². The van der Waals surface area contributed by atoms with Gasteiger partial charge in [-0.2, -0.15) is 0 Å². The van der Waals surface area contributed by atoms with Crippen LogP contribution in [0.3, 0.4) is 0 Å². The summed E-state index contributed by atoms with van der Waals surface area (Å²) in [7, 11) is 1.67. The van der Waals surface area contributed by atoms with Gasteiger partial charge in [-0.1, -0.05) is 0 Å². The minimum Gasteiger partial charge on any atom is -0.383 e. The number of pyridine rings is 1. The highest BCUT2D eigenvalue weighted by atomic mass is 16.5. The van der Waals surface area contributed by atoms with Crippen LogP contribution in [0.4, 0.5) is 5.82 Å². The van der Waals surface area contributed by atoms with Gasteiger partial charge in [-0.15, -0.1) is 0 Å². The summed E-state index contributed by atoms with van der Waals surface area (Å²) >= 11 is 0. The number of carbonyl (C=O) groups excluding carboxylic acids is 1. The zero-order valence-corrected chi connectivity index (χ0v) is 10.1. The van der Waals surface area contributed by atoms with Crippen molar-refractivity contribution >= 4 is 11.6 Å². The molecule has 0 aliphatic heterocycles. The van der Waals surface area contributed by atoms with E-state index in [4.69, 9.17) is 4.74 Å². The fourth-order valence-electron chi connectivity index (χ4n) is 1.45. The second-order valence-corrected chi connectivity index (χ2v) is 3.53. The number of nitrogens with zero attached hydrogens (tertiary/aromatic N) is 2. The van der Waals surface area contributed by atoms with Gasteiger partial charge in [0, 0.05) is 32.0 Å². The maximum absolute atomic E-state index is 11.3. The number of anilines is 1. The predicted molar refractivity (Wildman–Crippen MR) is 64.0 cm³/mol. The average Bonchev–Trinajstić information content (AvgIpc) is 2.30. The summed E-state index contributed by atoms with van der Waals surface area (Å²) in [6.07, 6.45) is 1.67. The molecule has 0 saturated carbocycles. The Morgan fingerprint density at radius 3 is 2.88 bits per heavy atom. The monoisotopic (exact) mass is 222 g/mol. The maximum Gasteiger partial charge on any atom is 0.159 e. The summed E-state index contributed by atoms with van der Waals surface area (Å²) in [5, 5.41) is 0. The van der Waals surface area contributed by atoms with Crippen molar-refractivity contribution in [2.24, 2.45) is 0 Å². The van der Waals surface area contributed by atoms with Crippen LogP contribution in [-0.2, 0) is 4.74 Å². The molecule has 0 bridgehead atoms. The lowest BCUT2D eigenvalue weighted by Crippen LogP contribution is -2.27. The molecule has 0 aliphatic carbocycles. The minimum absolute atomic E-state index is 0.0615. The highest BCUT2D eigenvalue weighted by Gasteiger charge is 2.07. The molecule has 16 heavy (non-hydrogen) atoms. The van der Waals surface area contributed by atoms with Gasteiger partial charge < -0.3 is 9.64 Å². The lowest BCUT2D eigenvalue weighted by molar-refractivity contribution is 0.101. The van der Waals surface area contributed by atoms with Crippen LogP contribution in [0.2, 0.25) is 0 Å². The molecule has 0 fully saturated rings. The van der Waals surface area contributed by atoms with Crippen molar-refractivity contribution in [3.05, 3.63) is 23.9 Å². The molecule has 0 amide bonds. The molecule has 1 aromatic heterocycles. The predicted octanol–water partition coefficient (Wildman–Crippen LogP) is 1.76. The van der Waals surface area contributed by atoms with Gasteiger partial charge in [0.2, 0.25) is 0 Å². The first kappa shape index (κ1) is 12.6. The molecule has 1 heterocycles. The van der Waals surface area contributed by atoms with Crippen LogP contribution < -0.4 is 4.90 Å². The van der Waals surface area contributed by atoms with Crippen molar-refractivity contribution in [1.29, 1.82) is 0 Å². The number of likely N-dealkylation sites (N-methyl/N-ethyl adjacent to an activating group) is 1. The molecular weight excluding hydrogens is 204 g/mol. The summed E-state index contributed by atoms with van der Waals surface area (Å²) in [5.41, 5.74) is 0.695. The SMILES string of the molecule is CCN(CCOC)c1cc(C(C)=O)ccn1. The first-order valence-electron chi connectivity index (χ1n) is 5.40. The quantitative estimate of drug-likeness (QED) is 0.688. The molecular formula is C12H18N2O2. The topological polar surface area (TPSA) is 42.4 Å². The molecule has 0 unspecified atom stereocenters. The number of rotatable bonds is 6. The molecule has 0 spiro atoms. The second-order valence-electron chi connectivity index (χ2n) is 3.53. The Bertz CT molecular complexity index is 353. The van der Waals surface area contributed by atoms with E-state index in [1.54, 1.807) is 26.3 Å². The minimum atomic E-state index is 0.0615. The Kier molecular flexibility index (Phi) is 4.92. The van der Waals surface area contributed by atoms with E-state index < -0.39 is 0 Å². The van der Waals surface area contributed by atoms with Crippen molar-refractivity contribution in [1.82, 2.24) is 4.98 Å².